The lowest BCUT2D eigenvalue weighted by Crippen LogP contribution is -2.47. The Labute approximate surface area is 175 Å². The van der Waals surface area contributed by atoms with Crippen LogP contribution in [0.5, 0.6) is 0 Å². The molecule has 1 fully saturated rings. The first kappa shape index (κ1) is 17.3. The number of anilines is 2. The number of para-hydroxylation sites is 2. The molecule has 4 heterocycles. The maximum absolute atomic E-state index is 9.96. The Bertz CT molecular complexity index is 1290. The van der Waals surface area contributed by atoms with Gasteiger partial charge in [0.05, 0.1) is 16.6 Å². The van der Waals surface area contributed by atoms with Crippen molar-refractivity contribution >= 4 is 28.2 Å². The van der Waals surface area contributed by atoms with Crippen LogP contribution < -0.4 is 9.80 Å². The first-order valence-electron chi connectivity index (χ1n) is 10.6. The van der Waals surface area contributed by atoms with Crippen molar-refractivity contribution in [3.05, 3.63) is 65.5 Å². The summed E-state index contributed by atoms with van der Waals surface area (Å²) in [7, 11) is 0. The Hall–Kier alpha value is -3.59. The highest BCUT2D eigenvalue weighted by Crippen LogP contribution is 2.38. The van der Waals surface area contributed by atoms with Gasteiger partial charge in [0.15, 0.2) is 5.65 Å². The van der Waals surface area contributed by atoms with Crippen LogP contribution in [0.4, 0.5) is 11.5 Å². The summed E-state index contributed by atoms with van der Waals surface area (Å²) < 4.78 is 2.25. The third-order valence-corrected chi connectivity index (χ3v) is 6.50. The van der Waals surface area contributed by atoms with Crippen LogP contribution in [-0.4, -0.2) is 40.5 Å². The largest absolute Gasteiger partial charge is 0.368 e. The molecule has 6 heteroatoms. The number of piperazine rings is 1. The van der Waals surface area contributed by atoms with Gasteiger partial charge in [-0.05, 0) is 54.7 Å². The number of nitrogens with zero attached hydrogens (tertiary/aromatic N) is 6. The predicted octanol–water partition coefficient (Wildman–Crippen LogP) is 3.57. The number of pyridine rings is 2. The van der Waals surface area contributed by atoms with E-state index < -0.39 is 0 Å². The molecule has 1 aliphatic heterocycles. The first-order chi connectivity index (χ1) is 14.8. The molecule has 1 saturated heterocycles. The number of aromatic nitrogens is 3. The molecule has 1 aromatic carbocycles. The van der Waals surface area contributed by atoms with Gasteiger partial charge in [0, 0.05) is 44.3 Å². The van der Waals surface area contributed by atoms with E-state index >= 15 is 0 Å². The number of imidazole rings is 1. The van der Waals surface area contributed by atoms with E-state index in [4.69, 9.17) is 4.98 Å². The fraction of sp³-hybridized carbons (Fsp3) is 0.292. The Morgan fingerprint density at radius 2 is 1.60 bits per heavy atom. The third kappa shape index (κ3) is 2.48. The quantitative estimate of drug-likeness (QED) is 0.520. The fourth-order valence-electron chi connectivity index (χ4n) is 5.13. The highest BCUT2D eigenvalue weighted by Gasteiger charge is 2.29. The molecule has 0 atom stereocenters. The first-order valence-corrected chi connectivity index (χ1v) is 10.6. The van der Waals surface area contributed by atoms with Gasteiger partial charge in [0.1, 0.15) is 11.9 Å². The zero-order valence-electron chi connectivity index (χ0n) is 16.8. The van der Waals surface area contributed by atoms with Crippen LogP contribution >= 0.6 is 0 Å². The maximum Gasteiger partial charge on any atom is 0.157 e. The van der Waals surface area contributed by atoms with Crippen LogP contribution in [0.15, 0.2) is 48.8 Å². The topological polar surface area (TPSA) is 60.5 Å². The zero-order chi connectivity index (χ0) is 20.1. The van der Waals surface area contributed by atoms with Crippen molar-refractivity contribution in [2.45, 2.75) is 19.3 Å². The number of fused-ring (bicyclic) bond motifs is 4. The van der Waals surface area contributed by atoms with Crippen molar-refractivity contribution in [3.63, 3.8) is 0 Å². The van der Waals surface area contributed by atoms with Crippen molar-refractivity contribution < 1.29 is 0 Å². The molecule has 6 nitrogen and oxygen atoms in total. The second-order valence-corrected chi connectivity index (χ2v) is 8.06. The van der Waals surface area contributed by atoms with Crippen LogP contribution in [0.25, 0.3) is 16.7 Å². The molecule has 0 bridgehead atoms. The van der Waals surface area contributed by atoms with Gasteiger partial charge in [-0.2, -0.15) is 5.26 Å². The standard InChI is InChI=1S/C24H22N6/c25-16-20-18-4-3-5-19(18)24(30-22-7-2-1-6-21(22)27-23(20)30)29-14-12-28(13-15-29)17-8-10-26-11-9-17/h1-2,6-11H,3-5,12-15H2. The van der Waals surface area contributed by atoms with E-state index in [2.05, 4.69) is 49.5 Å². The van der Waals surface area contributed by atoms with Crippen LogP contribution in [0.2, 0.25) is 0 Å². The second-order valence-electron chi connectivity index (χ2n) is 8.06. The number of hydrogen-bond acceptors (Lipinski definition) is 5. The summed E-state index contributed by atoms with van der Waals surface area (Å²) in [5.74, 6) is 1.25. The lowest BCUT2D eigenvalue weighted by Gasteiger charge is -2.38. The minimum atomic E-state index is 0.762. The number of benzene rings is 1. The van der Waals surface area contributed by atoms with Gasteiger partial charge in [-0.25, -0.2) is 4.98 Å². The van der Waals surface area contributed by atoms with Crippen molar-refractivity contribution in [2.75, 3.05) is 36.0 Å². The number of hydrogen-bond donors (Lipinski definition) is 0. The molecule has 30 heavy (non-hydrogen) atoms. The molecule has 4 aromatic rings. The van der Waals surface area contributed by atoms with Gasteiger partial charge >= 0.3 is 0 Å². The molecule has 0 amide bonds. The molecule has 1 aliphatic carbocycles. The summed E-state index contributed by atoms with van der Waals surface area (Å²) in [6.07, 6.45) is 6.83. The van der Waals surface area contributed by atoms with Crippen LogP contribution in [-0.2, 0) is 12.8 Å². The molecule has 0 saturated carbocycles. The van der Waals surface area contributed by atoms with Gasteiger partial charge in [-0.15, -0.1) is 0 Å². The molecule has 148 valence electrons. The van der Waals surface area contributed by atoms with Crippen molar-refractivity contribution in [1.82, 2.24) is 14.4 Å². The fourth-order valence-corrected chi connectivity index (χ4v) is 5.13. The van der Waals surface area contributed by atoms with E-state index in [0.29, 0.717) is 0 Å². The molecule has 0 spiro atoms. The second kappa shape index (κ2) is 6.74. The van der Waals surface area contributed by atoms with E-state index in [-0.39, 0.29) is 0 Å². The Balaban J connectivity index is 1.49. The molecule has 2 aliphatic rings. The van der Waals surface area contributed by atoms with Gasteiger partial charge < -0.3 is 9.80 Å². The Morgan fingerprint density at radius 1 is 0.867 bits per heavy atom. The number of nitriles is 1. The van der Waals surface area contributed by atoms with Gasteiger partial charge in [0.25, 0.3) is 0 Å². The average molecular weight is 394 g/mol. The summed E-state index contributed by atoms with van der Waals surface area (Å²) >= 11 is 0. The van der Waals surface area contributed by atoms with E-state index in [0.717, 1.165) is 67.7 Å². The average Bonchev–Trinajstić information content (AvgIpc) is 3.43. The van der Waals surface area contributed by atoms with E-state index in [9.17, 15) is 5.26 Å². The summed E-state index contributed by atoms with van der Waals surface area (Å²) in [6.45, 7) is 3.82. The maximum atomic E-state index is 9.96. The monoisotopic (exact) mass is 394 g/mol. The highest BCUT2D eigenvalue weighted by molar-refractivity contribution is 5.86. The lowest BCUT2D eigenvalue weighted by molar-refractivity contribution is 0.643. The number of rotatable bonds is 2. The summed E-state index contributed by atoms with van der Waals surface area (Å²) in [4.78, 5) is 13.9. The zero-order valence-corrected chi connectivity index (χ0v) is 16.8. The SMILES string of the molecule is N#Cc1c2c(c(N3CCN(c4ccncc4)CC3)n3c1nc1ccccc13)CCC2. The smallest absolute Gasteiger partial charge is 0.157 e. The summed E-state index contributed by atoms with van der Waals surface area (Å²) in [5.41, 5.74) is 7.41. The molecule has 0 radical (unpaired) electrons. The van der Waals surface area contributed by atoms with Gasteiger partial charge in [-0.3, -0.25) is 9.38 Å². The highest BCUT2D eigenvalue weighted by atomic mass is 15.3. The van der Waals surface area contributed by atoms with Crippen molar-refractivity contribution in [1.29, 1.82) is 5.26 Å². The van der Waals surface area contributed by atoms with Crippen molar-refractivity contribution in [2.24, 2.45) is 0 Å². The van der Waals surface area contributed by atoms with Crippen LogP contribution in [0.1, 0.15) is 23.1 Å². The molecule has 0 N–H and O–H groups in total. The Morgan fingerprint density at radius 3 is 2.40 bits per heavy atom. The minimum absolute atomic E-state index is 0.762. The molecule has 0 unspecified atom stereocenters. The molecule has 3 aromatic heterocycles. The van der Waals surface area contributed by atoms with Gasteiger partial charge in [0.2, 0.25) is 0 Å². The van der Waals surface area contributed by atoms with Gasteiger partial charge in [-0.1, -0.05) is 12.1 Å². The molecule has 6 rings (SSSR count). The normalized spacial score (nSPS) is 16.2. The molecular weight excluding hydrogens is 372 g/mol. The molecular formula is C24H22N6. The van der Waals surface area contributed by atoms with E-state index in [1.54, 1.807) is 0 Å². The van der Waals surface area contributed by atoms with Crippen LogP contribution in [0, 0.1) is 11.3 Å². The third-order valence-electron chi connectivity index (χ3n) is 6.50. The van der Waals surface area contributed by atoms with E-state index in [1.165, 1.54) is 22.6 Å². The lowest BCUT2D eigenvalue weighted by atomic mass is 10.0. The van der Waals surface area contributed by atoms with Crippen LogP contribution in [0.3, 0.4) is 0 Å². The minimum Gasteiger partial charge on any atom is -0.368 e. The predicted molar refractivity (Wildman–Crippen MR) is 118 cm³/mol. The van der Waals surface area contributed by atoms with E-state index in [1.807, 2.05) is 24.5 Å². The summed E-state index contributed by atoms with van der Waals surface area (Å²) in [6, 6.07) is 14.9. The van der Waals surface area contributed by atoms with Crippen molar-refractivity contribution in [3.8, 4) is 6.07 Å². The Kier molecular flexibility index (Phi) is 3.88. The summed E-state index contributed by atoms with van der Waals surface area (Å²) in [5, 5.41) is 9.96.